The monoisotopic (exact) mass is 319 g/mol. The van der Waals surface area contributed by atoms with Gasteiger partial charge in [-0.15, -0.1) is 0 Å². The van der Waals surface area contributed by atoms with Crippen molar-refractivity contribution >= 4 is 23.2 Å². The number of hydrogen-bond donors (Lipinski definition) is 1. The summed E-state index contributed by atoms with van der Waals surface area (Å²) < 4.78 is 29.3. The highest BCUT2D eigenvalue weighted by Crippen LogP contribution is 2.31. The lowest BCUT2D eigenvalue weighted by Gasteiger charge is -2.19. The Morgan fingerprint density at radius 2 is 1.95 bits per heavy atom. The number of halogens is 4. The molecule has 0 spiro atoms. The van der Waals surface area contributed by atoms with Crippen molar-refractivity contribution in [2.45, 2.75) is 19.5 Å². The van der Waals surface area contributed by atoms with Gasteiger partial charge in [-0.25, -0.2) is 8.78 Å². The van der Waals surface area contributed by atoms with Crippen LogP contribution in [-0.2, 0) is 6.54 Å². The topological polar surface area (TPSA) is 29.9 Å². The first kappa shape index (κ1) is 15.2. The molecule has 0 amide bonds. The quantitative estimate of drug-likeness (QED) is 0.869. The molecular weight excluding hydrogens is 307 g/mol. The largest absolute Gasteiger partial charge is 0.308 e. The Morgan fingerprint density at radius 3 is 2.55 bits per heavy atom. The van der Waals surface area contributed by atoms with Gasteiger partial charge >= 0.3 is 0 Å². The Kier molecular flexibility index (Phi) is 4.62. The second-order valence-electron chi connectivity index (χ2n) is 4.20. The first-order valence-electron chi connectivity index (χ1n) is 6.02. The molecule has 7 heteroatoms. The number of benzene rings is 1. The van der Waals surface area contributed by atoms with E-state index < -0.39 is 17.7 Å². The fourth-order valence-corrected chi connectivity index (χ4v) is 2.51. The van der Waals surface area contributed by atoms with Gasteiger partial charge < -0.3 is 5.32 Å². The number of nitrogens with one attached hydrogen (secondary N) is 1. The highest BCUT2D eigenvalue weighted by Gasteiger charge is 2.24. The second kappa shape index (κ2) is 6.08. The van der Waals surface area contributed by atoms with Gasteiger partial charge in [-0.2, -0.15) is 5.10 Å². The standard InChI is InChI=1S/C13H13Cl2F2N3/c1-3-20-13(9(15)6-19-20)12(18-2)7-4-11(17)8(14)5-10(7)16/h4-6,12,18H,3H2,1-2H3. The smallest absolute Gasteiger partial charge is 0.142 e. The normalized spacial score (nSPS) is 12.7. The number of aromatic nitrogens is 2. The Hall–Kier alpha value is -1.17. The van der Waals surface area contributed by atoms with Gasteiger partial charge in [-0.3, -0.25) is 4.68 Å². The first-order chi connectivity index (χ1) is 9.49. The first-order valence-corrected chi connectivity index (χ1v) is 6.78. The zero-order valence-electron chi connectivity index (χ0n) is 10.9. The fraction of sp³-hybridized carbons (Fsp3) is 0.308. The highest BCUT2D eigenvalue weighted by atomic mass is 35.5. The fourth-order valence-electron chi connectivity index (χ4n) is 2.11. The van der Waals surface area contributed by atoms with E-state index in [1.165, 1.54) is 6.20 Å². The molecule has 0 aliphatic carbocycles. The van der Waals surface area contributed by atoms with E-state index in [4.69, 9.17) is 23.2 Å². The lowest BCUT2D eigenvalue weighted by Crippen LogP contribution is -2.23. The molecule has 0 saturated heterocycles. The predicted molar refractivity (Wildman–Crippen MR) is 75.2 cm³/mol. The van der Waals surface area contributed by atoms with Crippen LogP contribution in [0.4, 0.5) is 8.78 Å². The van der Waals surface area contributed by atoms with Crippen LogP contribution in [0.2, 0.25) is 10.0 Å². The predicted octanol–water partition coefficient (Wildman–Crippen LogP) is 3.80. The maximum atomic E-state index is 14.1. The van der Waals surface area contributed by atoms with Crippen molar-refractivity contribution in [1.82, 2.24) is 15.1 Å². The van der Waals surface area contributed by atoms with Gasteiger partial charge in [0.1, 0.15) is 11.6 Å². The van der Waals surface area contributed by atoms with E-state index in [0.717, 1.165) is 12.1 Å². The molecule has 2 rings (SSSR count). The minimum atomic E-state index is -0.679. The molecular formula is C13H13Cl2F2N3. The lowest BCUT2D eigenvalue weighted by molar-refractivity contribution is 0.525. The molecule has 1 aromatic carbocycles. The Morgan fingerprint density at radius 1 is 1.25 bits per heavy atom. The van der Waals surface area contributed by atoms with Crippen LogP contribution in [0.5, 0.6) is 0 Å². The van der Waals surface area contributed by atoms with Crippen LogP contribution in [0.3, 0.4) is 0 Å². The van der Waals surface area contributed by atoms with Crippen LogP contribution in [0.1, 0.15) is 24.2 Å². The average molecular weight is 320 g/mol. The third-order valence-electron chi connectivity index (χ3n) is 3.05. The summed E-state index contributed by atoms with van der Waals surface area (Å²) in [6, 6.07) is 1.41. The molecule has 1 atom stereocenters. The summed E-state index contributed by atoms with van der Waals surface area (Å²) in [5.74, 6) is -1.28. The highest BCUT2D eigenvalue weighted by molar-refractivity contribution is 6.31. The molecule has 2 aromatic rings. The van der Waals surface area contributed by atoms with Gasteiger partial charge in [0.25, 0.3) is 0 Å². The molecule has 0 aliphatic heterocycles. The number of hydrogen-bond acceptors (Lipinski definition) is 2. The molecule has 1 unspecified atom stereocenters. The summed E-state index contributed by atoms with van der Waals surface area (Å²) in [6.07, 6.45) is 1.48. The van der Waals surface area contributed by atoms with Crippen LogP contribution in [0.25, 0.3) is 0 Å². The Labute approximate surface area is 125 Å². The lowest BCUT2D eigenvalue weighted by atomic mass is 10.0. The molecule has 0 fully saturated rings. The maximum Gasteiger partial charge on any atom is 0.142 e. The molecule has 0 radical (unpaired) electrons. The van der Waals surface area contributed by atoms with Gasteiger partial charge in [0.2, 0.25) is 0 Å². The van der Waals surface area contributed by atoms with Crippen molar-refractivity contribution in [1.29, 1.82) is 0 Å². The van der Waals surface area contributed by atoms with Gasteiger partial charge in [0.15, 0.2) is 0 Å². The van der Waals surface area contributed by atoms with E-state index in [0.29, 0.717) is 17.3 Å². The zero-order valence-corrected chi connectivity index (χ0v) is 12.4. The number of rotatable bonds is 4. The molecule has 0 saturated carbocycles. The molecule has 1 N–H and O–H groups in total. The molecule has 20 heavy (non-hydrogen) atoms. The molecule has 1 aromatic heterocycles. The number of aryl methyl sites for hydroxylation is 1. The molecule has 1 heterocycles. The molecule has 108 valence electrons. The van der Waals surface area contributed by atoms with E-state index in [-0.39, 0.29) is 10.6 Å². The summed E-state index contributed by atoms with van der Waals surface area (Å²) in [5, 5.41) is 7.17. The van der Waals surface area contributed by atoms with E-state index >= 15 is 0 Å². The van der Waals surface area contributed by atoms with E-state index in [2.05, 4.69) is 10.4 Å². The average Bonchev–Trinajstić information content (AvgIpc) is 2.78. The van der Waals surface area contributed by atoms with Crippen molar-refractivity contribution in [3.05, 3.63) is 51.3 Å². The Balaban J connectivity index is 2.58. The summed E-state index contributed by atoms with van der Waals surface area (Å²) in [6.45, 7) is 2.45. The van der Waals surface area contributed by atoms with Gasteiger partial charge in [-0.1, -0.05) is 23.2 Å². The molecule has 0 aliphatic rings. The molecule has 0 bridgehead atoms. The molecule has 3 nitrogen and oxygen atoms in total. The summed E-state index contributed by atoms with van der Waals surface area (Å²) in [7, 11) is 1.64. The van der Waals surface area contributed by atoms with E-state index in [1.54, 1.807) is 11.7 Å². The SMILES string of the molecule is CCn1ncc(Cl)c1C(NC)c1cc(F)c(Cl)cc1F. The van der Waals surface area contributed by atoms with E-state index in [9.17, 15) is 8.78 Å². The van der Waals surface area contributed by atoms with Crippen LogP contribution < -0.4 is 5.32 Å². The van der Waals surface area contributed by atoms with E-state index in [1.807, 2.05) is 6.92 Å². The third kappa shape index (κ3) is 2.66. The Bertz CT molecular complexity index is 628. The van der Waals surface area contributed by atoms with Crippen molar-refractivity contribution in [2.75, 3.05) is 7.05 Å². The minimum absolute atomic E-state index is 0.131. The second-order valence-corrected chi connectivity index (χ2v) is 5.02. The number of nitrogens with zero attached hydrogens (tertiary/aromatic N) is 2. The van der Waals surface area contributed by atoms with Crippen molar-refractivity contribution in [3.63, 3.8) is 0 Å². The zero-order chi connectivity index (χ0) is 14.9. The van der Waals surface area contributed by atoms with Crippen LogP contribution in [0, 0.1) is 11.6 Å². The summed E-state index contributed by atoms with van der Waals surface area (Å²) >= 11 is 11.7. The van der Waals surface area contributed by atoms with Crippen molar-refractivity contribution < 1.29 is 8.78 Å². The maximum absolute atomic E-state index is 14.1. The van der Waals surface area contributed by atoms with Gasteiger partial charge in [0, 0.05) is 12.1 Å². The summed E-state index contributed by atoms with van der Waals surface area (Å²) in [4.78, 5) is 0. The van der Waals surface area contributed by atoms with Crippen LogP contribution >= 0.6 is 23.2 Å². The van der Waals surface area contributed by atoms with Crippen LogP contribution in [-0.4, -0.2) is 16.8 Å². The minimum Gasteiger partial charge on any atom is -0.308 e. The van der Waals surface area contributed by atoms with Gasteiger partial charge in [-0.05, 0) is 26.1 Å². The van der Waals surface area contributed by atoms with Crippen LogP contribution in [0.15, 0.2) is 18.3 Å². The van der Waals surface area contributed by atoms with Crippen molar-refractivity contribution in [2.24, 2.45) is 0 Å². The van der Waals surface area contributed by atoms with Gasteiger partial charge in [0.05, 0.1) is 28.0 Å². The third-order valence-corrected chi connectivity index (χ3v) is 3.63. The van der Waals surface area contributed by atoms with Crippen molar-refractivity contribution in [3.8, 4) is 0 Å². The summed E-state index contributed by atoms with van der Waals surface area (Å²) in [5.41, 5.74) is 0.712.